The monoisotopic (exact) mass is 421 g/mol. The van der Waals surface area contributed by atoms with E-state index < -0.39 is 16.9 Å². The highest BCUT2D eigenvalue weighted by molar-refractivity contribution is 6.03. The molecule has 30 heavy (non-hydrogen) atoms. The Balaban J connectivity index is 2.16. The fraction of sp³-hybridized carbons (Fsp3) is 0.474. The summed E-state index contributed by atoms with van der Waals surface area (Å²) < 4.78 is 20.5. The van der Waals surface area contributed by atoms with Gasteiger partial charge in [-0.15, -0.1) is 0 Å². The number of benzene rings is 1. The smallest absolute Gasteiger partial charge is 0.355 e. The van der Waals surface area contributed by atoms with E-state index in [9.17, 15) is 19.7 Å². The Bertz CT molecular complexity index is 892. The van der Waals surface area contributed by atoms with Crippen LogP contribution < -0.4 is 9.80 Å². The van der Waals surface area contributed by atoms with Gasteiger partial charge in [0, 0.05) is 24.8 Å². The zero-order chi connectivity index (χ0) is 21.8. The van der Waals surface area contributed by atoms with Crippen molar-refractivity contribution in [3.8, 4) is 0 Å². The summed E-state index contributed by atoms with van der Waals surface area (Å²) in [5.74, 6) is -1.45. The van der Waals surface area contributed by atoms with Crippen LogP contribution in [0.25, 0.3) is 0 Å². The van der Waals surface area contributed by atoms with Crippen LogP contribution in [0.4, 0.5) is 17.1 Å². The maximum atomic E-state index is 12.5. The summed E-state index contributed by atoms with van der Waals surface area (Å²) in [7, 11) is 2.41. The number of rotatable bonds is 5. The van der Waals surface area contributed by atoms with Crippen molar-refractivity contribution in [1.29, 1.82) is 0 Å². The van der Waals surface area contributed by atoms with Gasteiger partial charge in [0.2, 0.25) is 0 Å². The van der Waals surface area contributed by atoms with E-state index in [1.807, 2.05) is 4.90 Å². The van der Waals surface area contributed by atoms with Gasteiger partial charge in [-0.1, -0.05) is 0 Å². The number of hydrogen-bond acceptors (Lipinski definition) is 10. The molecule has 162 valence electrons. The van der Waals surface area contributed by atoms with Gasteiger partial charge in [0.05, 0.1) is 44.5 Å². The lowest BCUT2D eigenvalue weighted by Crippen LogP contribution is -2.40. The van der Waals surface area contributed by atoms with Gasteiger partial charge < -0.3 is 28.7 Å². The van der Waals surface area contributed by atoms with Crippen molar-refractivity contribution >= 4 is 29.0 Å². The second kappa shape index (κ2) is 9.09. The third-order valence-electron chi connectivity index (χ3n) is 4.97. The molecule has 0 aliphatic carbocycles. The van der Waals surface area contributed by atoms with Crippen molar-refractivity contribution < 1.29 is 33.5 Å². The molecule has 1 aromatic carbocycles. The summed E-state index contributed by atoms with van der Waals surface area (Å²) in [6.07, 6.45) is 0. The summed E-state index contributed by atoms with van der Waals surface area (Å²) >= 11 is 0. The van der Waals surface area contributed by atoms with Gasteiger partial charge in [-0.25, -0.2) is 9.59 Å². The van der Waals surface area contributed by atoms with E-state index in [-0.39, 0.29) is 30.3 Å². The molecule has 1 saturated heterocycles. The van der Waals surface area contributed by atoms with Crippen LogP contribution in [0.2, 0.25) is 0 Å². The molecule has 1 aromatic rings. The van der Waals surface area contributed by atoms with E-state index in [1.165, 1.54) is 25.2 Å². The molecule has 1 fully saturated rings. The van der Waals surface area contributed by atoms with Crippen molar-refractivity contribution in [2.24, 2.45) is 0 Å². The van der Waals surface area contributed by atoms with Crippen LogP contribution >= 0.6 is 0 Å². The molecule has 0 unspecified atom stereocenters. The largest absolute Gasteiger partial charge is 0.466 e. The van der Waals surface area contributed by atoms with Gasteiger partial charge in [-0.05, 0) is 18.6 Å². The standard InChI is InChI=1S/C19H23N3O8/c1-12-8-16(22(25)26)15(20-4-6-29-7-5-20)9-14(12)21-11-30-10-13(18(23)27-2)17(21)19(24)28-3/h8-9H,4-7,10-11H2,1-3H3. The highest BCUT2D eigenvalue weighted by Gasteiger charge is 2.34. The molecule has 2 aliphatic rings. The van der Waals surface area contributed by atoms with Gasteiger partial charge >= 0.3 is 11.9 Å². The number of morpholine rings is 1. The highest BCUT2D eigenvalue weighted by Crippen LogP contribution is 2.38. The maximum Gasteiger partial charge on any atom is 0.355 e. The summed E-state index contributed by atoms with van der Waals surface area (Å²) in [5.41, 5.74) is 1.38. The summed E-state index contributed by atoms with van der Waals surface area (Å²) in [6, 6.07) is 3.08. The van der Waals surface area contributed by atoms with E-state index in [0.29, 0.717) is 43.2 Å². The Morgan fingerprint density at radius 3 is 2.33 bits per heavy atom. The van der Waals surface area contributed by atoms with E-state index in [0.717, 1.165) is 0 Å². The number of anilines is 2. The second-order valence-electron chi connectivity index (χ2n) is 6.70. The zero-order valence-corrected chi connectivity index (χ0v) is 17.0. The van der Waals surface area contributed by atoms with Crippen LogP contribution in [-0.4, -0.2) is 70.7 Å². The third-order valence-corrected chi connectivity index (χ3v) is 4.97. The fourth-order valence-electron chi connectivity index (χ4n) is 3.50. The predicted octanol–water partition coefficient (Wildman–Crippen LogP) is 1.13. The molecule has 11 nitrogen and oxygen atoms in total. The van der Waals surface area contributed by atoms with Gasteiger partial charge in [0.25, 0.3) is 5.69 Å². The van der Waals surface area contributed by atoms with Crippen molar-refractivity contribution in [3.63, 3.8) is 0 Å². The molecule has 0 saturated carbocycles. The molecule has 0 radical (unpaired) electrons. The summed E-state index contributed by atoms with van der Waals surface area (Å²) in [5, 5.41) is 11.7. The number of nitrogens with zero attached hydrogens (tertiary/aromatic N) is 3. The minimum atomic E-state index is -0.732. The first kappa shape index (κ1) is 21.5. The van der Waals surface area contributed by atoms with Gasteiger partial charge in [0.15, 0.2) is 0 Å². The molecule has 0 aromatic heterocycles. The Kier molecular flexibility index (Phi) is 6.53. The Hall–Kier alpha value is -3.18. The maximum absolute atomic E-state index is 12.5. The summed E-state index contributed by atoms with van der Waals surface area (Å²) in [4.78, 5) is 39.3. The van der Waals surface area contributed by atoms with Crippen molar-refractivity contribution in [1.82, 2.24) is 0 Å². The minimum Gasteiger partial charge on any atom is -0.466 e. The first-order chi connectivity index (χ1) is 14.4. The van der Waals surface area contributed by atoms with Crippen LogP contribution in [0, 0.1) is 17.0 Å². The molecule has 2 heterocycles. The first-order valence-corrected chi connectivity index (χ1v) is 9.25. The highest BCUT2D eigenvalue weighted by atomic mass is 16.6. The predicted molar refractivity (Wildman–Crippen MR) is 105 cm³/mol. The van der Waals surface area contributed by atoms with E-state index in [2.05, 4.69) is 0 Å². The number of carbonyl (C=O) groups is 2. The molecule has 3 rings (SSSR count). The fourth-order valence-corrected chi connectivity index (χ4v) is 3.50. The molecule has 0 amide bonds. The first-order valence-electron chi connectivity index (χ1n) is 9.25. The van der Waals surface area contributed by atoms with E-state index in [1.54, 1.807) is 13.0 Å². The Morgan fingerprint density at radius 1 is 1.07 bits per heavy atom. The van der Waals surface area contributed by atoms with Crippen molar-refractivity contribution in [2.45, 2.75) is 6.92 Å². The van der Waals surface area contributed by atoms with Gasteiger partial charge in [0.1, 0.15) is 18.1 Å². The second-order valence-corrected chi connectivity index (χ2v) is 6.70. The Morgan fingerprint density at radius 2 is 1.73 bits per heavy atom. The van der Waals surface area contributed by atoms with E-state index >= 15 is 0 Å². The number of hydrogen-bond donors (Lipinski definition) is 0. The molecule has 11 heteroatoms. The average Bonchev–Trinajstić information content (AvgIpc) is 2.77. The number of nitro groups is 1. The molecule has 0 atom stereocenters. The normalized spacial score (nSPS) is 17.0. The molecule has 0 bridgehead atoms. The van der Waals surface area contributed by atoms with Crippen LogP contribution in [-0.2, 0) is 28.5 Å². The number of carbonyl (C=O) groups excluding carboxylic acids is 2. The number of aryl methyl sites for hydroxylation is 1. The number of ether oxygens (including phenoxy) is 4. The molecule has 2 aliphatic heterocycles. The van der Waals surface area contributed by atoms with E-state index in [4.69, 9.17) is 18.9 Å². The van der Waals surface area contributed by atoms with Crippen LogP contribution in [0.5, 0.6) is 0 Å². The number of methoxy groups -OCH3 is 2. The van der Waals surface area contributed by atoms with Crippen molar-refractivity contribution in [2.75, 3.05) is 63.7 Å². The minimum absolute atomic E-state index is 0.0134. The van der Waals surface area contributed by atoms with Crippen molar-refractivity contribution in [3.05, 3.63) is 39.1 Å². The SMILES string of the molecule is COC(=O)C1=C(C(=O)OC)N(c2cc(N3CCOCC3)c([N+](=O)[O-])cc2C)COC1. The topological polar surface area (TPSA) is 121 Å². The number of nitro benzene ring substituents is 1. The lowest BCUT2D eigenvalue weighted by molar-refractivity contribution is -0.384. The van der Waals surface area contributed by atoms with Gasteiger partial charge in [-0.2, -0.15) is 0 Å². The van der Waals surface area contributed by atoms with Crippen LogP contribution in [0.15, 0.2) is 23.4 Å². The lowest BCUT2D eigenvalue weighted by atomic mass is 10.1. The molecular weight excluding hydrogens is 398 g/mol. The molecule has 0 spiro atoms. The quantitative estimate of drug-likeness (QED) is 0.389. The zero-order valence-electron chi connectivity index (χ0n) is 17.0. The lowest BCUT2D eigenvalue weighted by Gasteiger charge is -2.34. The molecular formula is C19H23N3O8. The van der Waals surface area contributed by atoms with Gasteiger partial charge in [-0.3, -0.25) is 10.1 Å². The van der Waals surface area contributed by atoms with Crippen LogP contribution in [0.1, 0.15) is 5.56 Å². The summed E-state index contributed by atoms with van der Waals surface area (Å²) in [6.45, 7) is 3.43. The average molecular weight is 421 g/mol. The van der Waals surface area contributed by atoms with Crippen LogP contribution in [0.3, 0.4) is 0 Å². The Labute approximate surface area is 172 Å². The molecule has 0 N–H and O–H groups in total. The third kappa shape index (κ3) is 4.07. The number of esters is 2.